The van der Waals surface area contributed by atoms with Gasteiger partial charge in [0.05, 0.1) is 25.7 Å². The van der Waals surface area contributed by atoms with Crippen molar-refractivity contribution in [2.45, 2.75) is 58.0 Å². The summed E-state index contributed by atoms with van der Waals surface area (Å²) in [6, 6.07) is 6.12. The number of aliphatic carboxylic acids is 1. The van der Waals surface area contributed by atoms with Gasteiger partial charge < -0.3 is 9.84 Å². The van der Waals surface area contributed by atoms with Gasteiger partial charge in [0.1, 0.15) is 5.75 Å². The van der Waals surface area contributed by atoms with Crippen LogP contribution in [0.4, 0.5) is 0 Å². The van der Waals surface area contributed by atoms with Crippen molar-refractivity contribution in [3.8, 4) is 11.8 Å². The summed E-state index contributed by atoms with van der Waals surface area (Å²) in [5.74, 6) is -0.0627. The molecule has 142 valence electrons. The van der Waals surface area contributed by atoms with Crippen LogP contribution in [0.2, 0.25) is 0 Å². The van der Waals surface area contributed by atoms with Gasteiger partial charge in [-0.15, -0.1) is 0 Å². The molecule has 1 atom stereocenters. The summed E-state index contributed by atoms with van der Waals surface area (Å²) >= 11 is 6.93. The molecule has 4 nitrogen and oxygen atoms in total. The Labute approximate surface area is 196 Å². The summed E-state index contributed by atoms with van der Waals surface area (Å²) in [5.41, 5.74) is 0.181. The monoisotopic (exact) mass is 693 g/mol. The van der Waals surface area contributed by atoms with E-state index in [2.05, 4.69) is 86.8 Å². The highest BCUT2D eigenvalue weighted by atomic mass is 127. The molecule has 0 amide bonds. The lowest BCUT2D eigenvalue weighted by Gasteiger charge is -2.21. The molecule has 0 aliphatic heterocycles. The van der Waals surface area contributed by atoms with Crippen LogP contribution in [0.15, 0.2) is 23.8 Å². The summed E-state index contributed by atoms with van der Waals surface area (Å²) in [4.78, 5) is 11.1. The van der Waals surface area contributed by atoms with Crippen molar-refractivity contribution < 1.29 is 14.6 Å². The number of nitrogens with zero attached hydrogens (tertiary/aromatic N) is 1. The predicted molar refractivity (Wildman–Crippen MR) is 128 cm³/mol. The Morgan fingerprint density at radius 3 is 2.42 bits per heavy atom. The van der Waals surface area contributed by atoms with Crippen molar-refractivity contribution in [1.29, 1.82) is 5.26 Å². The van der Waals surface area contributed by atoms with Crippen LogP contribution in [-0.4, -0.2) is 17.2 Å². The molecule has 1 N–H and O–H groups in total. The van der Waals surface area contributed by atoms with Crippen LogP contribution in [0.5, 0.6) is 5.75 Å². The lowest BCUT2D eigenvalue weighted by molar-refractivity contribution is -0.132. The first-order valence-electron chi connectivity index (χ1n) is 8.49. The molecule has 0 aliphatic carbocycles. The van der Waals surface area contributed by atoms with Gasteiger partial charge in [0.2, 0.25) is 0 Å². The third kappa shape index (κ3) is 8.73. The van der Waals surface area contributed by atoms with Gasteiger partial charge in [-0.25, -0.2) is 4.79 Å². The summed E-state index contributed by atoms with van der Waals surface area (Å²) in [7, 11) is 0. The average Bonchev–Trinajstić information content (AvgIpc) is 2.57. The van der Waals surface area contributed by atoms with Gasteiger partial charge in [-0.3, -0.25) is 0 Å². The normalized spacial score (nSPS) is 12.5. The third-order valence-corrected chi connectivity index (χ3v) is 6.02. The maximum absolute atomic E-state index is 11.1. The fraction of sp³-hybridized carbons (Fsp3) is 0.474. The van der Waals surface area contributed by atoms with Crippen LogP contribution < -0.4 is 4.74 Å². The van der Waals surface area contributed by atoms with Crippen LogP contribution >= 0.6 is 67.8 Å². The molecule has 1 rings (SSSR count). The molecule has 0 saturated heterocycles. The zero-order chi connectivity index (χ0) is 19.5. The second-order valence-corrected chi connectivity index (χ2v) is 9.45. The number of allylic oxidation sites excluding steroid dienone is 1. The smallest absolute Gasteiger partial charge is 0.332 e. The number of ether oxygens (including phenoxy) is 1. The molecule has 1 aromatic carbocycles. The van der Waals surface area contributed by atoms with E-state index >= 15 is 0 Å². The van der Waals surface area contributed by atoms with E-state index in [4.69, 9.17) is 15.1 Å². The number of unbranched alkanes of at least 4 members (excludes halogenated alkanes) is 2. The first-order chi connectivity index (χ1) is 12.4. The Balaban J connectivity index is 2.72. The van der Waals surface area contributed by atoms with Crippen LogP contribution in [0.25, 0.3) is 0 Å². The average molecular weight is 693 g/mol. The number of rotatable bonds is 11. The van der Waals surface area contributed by atoms with Gasteiger partial charge in [-0.1, -0.05) is 25.8 Å². The molecule has 0 bridgehead atoms. The Morgan fingerprint density at radius 2 is 1.88 bits per heavy atom. The highest BCUT2D eigenvalue weighted by molar-refractivity contribution is 14.1. The summed E-state index contributed by atoms with van der Waals surface area (Å²) < 4.78 is 9.75. The maximum Gasteiger partial charge on any atom is 0.332 e. The van der Waals surface area contributed by atoms with Crippen LogP contribution in [-0.2, 0) is 4.79 Å². The van der Waals surface area contributed by atoms with Gasteiger partial charge in [-0.2, -0.15) is 5.26 Å². The number of halogens is 3. The van der Waals surface area contributed by atoms with E-state index in [1.807, 2.05) is 6.07 Å². The molecule has 0 heterocycles. The minimum absolute atomic E-state index is 0.0515. The zero-order valence-corrected chi connectivity index (χ0v) is 21.1. The van der Waals surface area contributed by atoms with E-state index < -0.39 is 5.97 Å². The second-order valence-electron chi connectivity index (χ2n) is 5.88. The standard InChI is InChI=1S/C19H22I3NO3/c1-2-3-7-15(8-5-4-6-13(9-10-23)19(24)25)26-18-16(21)11-14(20)12-17(18)22/h6,11-12,15H,2-5,7-9H2,1H3,(H,24,25). The minimum atomic E-state index is -1.01. The molecule has 26 heavy (non-hydrogen) atoms. The number of carboxylic acids is 1. The molecule has 0 fully saturated rings. The Kier molecular flexibility index (Phi) is 12.1. The Bertz CT molecular complexity index is 660. The quantitative estimate of drug-likeness (QED) is 0.163. The molecular weight excluding hydrogens is 671 g/mol. The van der Waals surface area contributed by atoms with Crippen LogP contribution in [0.1, 0.15) is 51.9 Å². The number of carboxylic acid groups (broad SMARTS) is 1. The van der Waals surface area contributed by atoms with E-state index in [0.717, 1.165) is 45.0 Å². The van der Waals surface area contributed by atoms with Crippen molar-refractivity contribution in [2.24, 2.45) is 0 Å². The topological polar surface area (TPSA) is 70.3 Å². The van der Waals surface area contributed by atoms with Gasteiger partial charge >= 0.3 is 5.97 Å². The molecule has 0 aromatic heterocycles. The molecular formula is C19H22I3NO3. The van der Waals surface area contributed by atoms with Gasteiger partial charge in [0.25, 0.3) is 0 Å². The number of benzene rings is 1. The van der Waals surface area contributed by atoms with Crippen LogP contribution in [0, 0.1) is 22.0 Å². The Morgan fingerprint density at radius 1 is 1.27 bits per heavy atom. The number of hydrogen-bond acceptors (Lipinski definition) is 3. The highest BCUT2D eigenvalue weighted by Gasteiger charge is 2.15. The molecule has 7 heteroatoms. The fourth-order valence-corrected chi connectivity index (χ4v) is 6.28. The molecule has 0 saturated carbocycles. The Hall–Kier alpha value is -0.0900. The second kappa shape index (κ2) is 13.1. The summed E-state index contributed by atoms with van der Waals surface area (Å²) in [5, 5.41) is 17.7. The molecule has 0 spiro atoms. The first kappa shape index (κ1) is 23.9. The number of carbonyl (C=O) groups is 1. The lowest BCUT2D eigenvalue weighted by Crippen LogP contribution is -2.18. The van der Waals surface area contributed by atoms with Crippen molar-refractivity contribution in [3.63, 3.8) is 0 Å². The maximum atomic E-state index is 11.1. The third-order valence-electron chi connectivity index (χ3n) is 3.79. The lowest BCUT2D eigenvalue weighted by atomic mass is 10.0. The summed E-state index contributed by atoms with van der Waals surface area (Å²) in [6.45, 7) is 2.17. The van der Waals surface area contributed by atoms with Gasteiger partial charge in [0, 0.05) is 9.14 Å². The SMILES string of the molecule is CCCCC(CCCC=C(CC#N)C(=O)O)Oc1c(I)cc(I)cc1I. The van der Waals surface area contributed by atoms with Gasteiger partial charge in [0.15, 0.2) is 0 Å². The van der Waals surface area contributed by atoms with Crippen molar-refractivity contribution >= 4 is 73.7 Å². The van der Waals surface area contributed by atoms with E-state index in [1.54, 1.807) is 6.08 Å². The first-order valence-corrected chi connectivity index (χ1v) is 11.7. The van der Waals surface area contributed by atoms with Crippen molar-refractivity contribution in [1.82, 2.24) is 0 Å². The predicted octanol–water partition coefficient (Wildman–Crippen LogP) is 6.53. The fourth-order valence-electron chi connectivity index (χ4n) is 2.44. The summed E-state index contributed by atoms with van der Waals surface area (Å²) in [6.07, 6.45) is 7.31. The van der Waals surface area contributed by atoms with Gasteiger partial charge in [-0.05, 0) is 106 Å². The van der Waals surface area contributed by atoms with Crippen molar-refractivity contribution in [2.75, 3.05) is 0 Å². The van der Waals surface area contributed by atoms with Crippen molar-refractivity contribution in [3.05, 3.63) is 34.5 Å². The number of nitriles is 1. The minimum Gasteiger partial charge on any atom is -0.488 e. The number of hydrogen-bond donors (Lipinski definition) is 1. The largest absolute Gasteiger partial charge is 0.488 e. The van der Waals surface area contributed by atoms with E-state index in [0.29, 0.717) is 6.42 Å². The van der Waals surface area contributed by atoms with E-state index in [9.17, 15) is 4.79 Å². The van der Waals surface area contributed by atoms with E-state index in [-0.39, 0.29) is 18.1 Å². The molecule has 0 aliphatic rings. The molecule has 0 radical (unpaired) electrons. The molecule has 1 aromatic rings. The highest BCUT2D eigenvalue weighted by Crippen LogP contribution is 2.31. The molecule has 1 unspecified atom stereocenters. The zero-order valence-electron chi connectivity index (χ0n) is 14.6. The van der Waals surface area contributed by atoms with E-state index in [1.165, 1.54) is 3.57 Å². The van der Waals surface area contributed by atoms with Crippen LogP contribution in [0.3, 0.4) is 0 Å².